The van der Waals surface area contributed by atoms with Crippen LogP contribution >= 0.6 is 0 Å². The summed E-state index contributed by atoms with van der Waals surface area (Å²) in [7, 11) is 3.30. The molecule has 0 aliphatic carbocycles. The summed E-state index contributed by atoms with van der Waals surface area (Å²) in [6, 6.07) is 13.0. The Morgan fingerprint density at radius 1 is 1.19 bits per heavy atom. The van der Waals surface area contributed by atoms with Crippen LogP contribution in [0.2, 0.25) is 0 Å². The number of hydrogen-bond donors (Lipinski definition) is 1. The standard InChI is InChI=1S/C21H22N2O4/c1-4-22-20(24)13-27-18-10-9-14(12-19(18)26-3)11-16-15-7-5-6-8-17(15)23(2)21(16)25/h5-12H,4,13H2,1-3H3,(H,22,24)/b16-11+. The zero-order valence-electron chi connectivity index (χ0n) is 15.6. The number of nitrogens with zero attached hydrogens (tertiary/aromatic N) is 1. The number of carbonyl (C=O) groups is 2. The molecular formula is C21H22N2O4. The fourth-order valence-electron chi connectivity index (χ4n) is 2.99. The maximum Gasteiger partial charge on any atom is 0.258 e. The van der Waals surface area contributed by atoms with E-state index in [-0.39, 0.29) is 18.4 Å². The number of benzene rings is 2. The Morgan fingerprint density at radius 2 is 1.96 bits per heavy atom. The summed E-state index contributed by atoms with van der Waals surface area (Å²) in [6.45, 7) is 2.32. The number of likely N-dealkylation sites (N-methyl/N-ethyl adjacent to an activating group) is 2. The summed E-state index contributed by atoms with van der Waals surface area (Å²) in [4.78, 5) is 25.8. The molecular weight excluding hydrogens is 344 g/mol. The Bertz CT molecular complexity index is 905. The number of methoxy groups -OCH3 is 1. The molecule has 6 nitrogen and oxygen atoms in total. The molecule has 2 aromatic carbocycles. The number of carbonyl (C=O) groups excluding carboxylic acids is 2. The SMILES string of the molecule is CCNC(=O)COc1ccc(/C=C2/C(=O)N(C)c3ccccc32)cc1OC. The zero-order valence-corrected chi connectivity index (χ0v) is 15.6. The van der Waals surface area contributed by atoms with Crippen molar-refractivity contribution >= 4 is 29.2 Å². The lowest BCUT2D eigenvalue weighted by molar-refractivity contribution is -0.123. The Morgan fingerprint density at radius 3 is 2.70 bits per heavy atom. The van der Waals surface area contributed by atoms with Crippen LogP contribution in [0.1, 0.15) is 18.1 Å². The van der Waals surface area contributed by atoms with Crippen molar-refractivity contribution in [1.82, 2.24) is 5.32 Å². The highest BCUT2D eigenvalue weighted by atomic mass is 16.5. The van der Waals surface area contributed by atoms with Crippen molar-refractivity contribution in [2.45, 2.75) is 6.92 Å². The summed E-state index contributed by atoms with van der Waals surface area (Å²) < 4.78 is 10.9. The first-order valence-electron chi connectivity index (χ1n) is 8.71. The van der Waals surface area contributed by atoms with E-state index in [1.165, 1.54) is 7.11 Å². The number of nitrogens with one attached hydrogen (secondary N) is 1. The summed E-state index contributed by atoms with van der Waals surface area (Å²) in [5.74, 6) is 0.732. The Hall–Kier alpha value is -3.28. The van der Waals surface area contributed by atoms with Gasteiger partial charge in [0.2, 0.25) is 0 Å². The third-order valence-corrected chi connectivity index (χ3v) is 4.32. The molecule has 0 saturated heterocycles. The van der Waals surface area contributed by atoms with Crippen LogP contribution in [0.25, 0.3) is 11.6 Å². The van der Waals surface area contributed by atoms with Crippen LogP contribution in [-0.2, 0) is 9.59 Å². The van der Waals surface area contributed by atoms with Gasteiger partial charge in [-0.15, -0.1) is 0 Å². The molecule has 1 N–H and O–H groups in total. The van der Waals surface area contributed by atoms with Gasteiger partial charge in [-0.05, 0) is 36.8 Å². The first-order valence-corrected chi connectivity index (χ1v) is 8.71. The van der Waals surface area contributed by atoms with E-state index in [9.17, 15) is 9.59 Å². The van der Waals surface area contributed by atoms with Crippen LogP contribution in [0.3, 0.4) is 0 Å². The molecule has 0 saturated carbocycles. The van der Waals surface area contributed by atoms with Crippen molar-refractivity contribution in [1.29, 1.82) is 0 Å². The first kappa shape index (κ1) is 18.5. The zero-order chi connectivity index (χ0) is 19.4. The van der Waals surface area contributed by atoms with Gasteiger partial charge in [-0.2, -0.15) is 0 Å². The molecule has 0 fully saturated rings. The topological polar surface area (TPSA) is 67.9 Å². The lowest BCUT2D eigenvalue weighted by Crippen LogP contribution is -2.28. The highest BCUT2D eigenvalue weighted by molar-refractivity contribution is 6.35. The first-order chi connectivity index (χ1) is 13.0. The predicted molar refractivity (Wildman–Crippen MR) is 105 cm³/mol. The quantitative estimate of drug-likeness (QED) is 0.799. The molecule has 1 aliphatic rings. The van der Waals surface area contributed by atoms with Gasteiger partial charge in [0.15, 0.2) is 18.1 Å². The number of para-hydroxylation sites is 1. The number of rotatable bonds is 6. The summed E-state index contributed by atoms with van der Waals surface area (Å²) in [6.07, 6.45) is 1.83. The van der Waals surface area contributed by atoms with Crippen molar-refractivity contribution in [3.63, 3.8) is 0 Å². The molecule has 0 spiro atoms. The molecule has 2 aromatic rings. The smallest absolute Gasteiger partial charge is 0.258 e. The minimum absolute atomic E-state index is 0.0493. The third kappa shape index (κ3) is 3.79. The van der Waals surface area contributed by atoms with Crippen LogP contribution in [-0.4, -0.2) is 39.1 Å². The van der Waals surface area contributed by atoms with Gasteiger partial charge in [0.25, 0.3) is 11.8 Å². The van der Waals surface area contributed by atoms with E-state index >= 15 is 0 Å². The van der Waals surface area contributed by atoms with E-state index in [0.29, 0.717) is 23.6 Å². The lowest BCUT2D eigenvalue weighted by atomic mass is 10.0. The van der Waals surface area contributed by atoms with Gasteiger partial charge in [0, 0.05) is 24.7 Å². The number of fused-ring (bicyclic) bond motifs is 1. The minimum Gasteiger partial charge on any atom is -0.493 e. The third-order valence-electron chi connectivity index (χ3n) is 4.32. The molecule has 140 valence electrons. The minimum atomic E-state index is -0.193. The van der Waals surface area contributed by atoms with Crippen LogP contribution in [0, 0.1) is 0 Å². The van der Waals surface area contributed by atoms with Crippen molar-refractivity contribution < 1.29 is 19.1 Å². The fourth-order valence-corrected chi connectivity index (χ4v) is 2.99. The number of hydrogen-bond acceptors (Lipinski definition) is 4. The molecule has 0 aromatic heterocycles. The van der Waals surface area contributed by atoms with E-state index < -0.39 is 0 Å². The van der Waals surface area contributed by atoms with E-state index in [1.54, 1.807) is 24.1 Å². The van der Waals surface area contributed by atoms with Crippen molar-refractivity contribution in [2.24, 2.45) is 0 Å². The van der Waals surface area contributed by atoms with Crippen LogP contribution in [0.4, 0.5) is 5.69 Å². The Labute approximate surface area is 158 Å². The number of ether oxygens (including phenoxy) is 2. The second-order valence-corrected chi connectivity index (χ2v) is 6.09. The van der Waals surface area contributed by atoms with E-state index in [0.717, 1.165) is 16.8 Å². The average molecular weight is 366 g/mol. The van der Waals surface area contributed by atoms with Gasteiger partial charge in [0.1, 0.15) is 0 Å². The second-order valence-electron chi connectivity index (χ2n) is 6.09. The van der Waals surface area contributed by atoms with Gasteiger partial charge in [-0.3, -0.25) is 9.59 Å². The molecule has 0 unspecified atom stereocenters. The average Bonchev–Trinajstić information content (AvgIpc) is 2.92. The van der Waals surface area contributed by atoms with Gasteiger partial charge in [-0.1, -0.05) is 24.3 Å². The molecule has 1 heterocycles. The van der Waals surface area contributed by atoms with Gasteiger partial charge < -0.3 is 19.7 Å². The summed E-state index contributed by atoms with van der Waals surface area (Å²) >= 11 is 0. The van der Waals surface area contributed by atoms with Crippen molar-refractivity contribution in [3.8, 4) is 11.5 Å². The Kier molecular flexibility index (Phi) is 5.45. The monoisotopic (exact) mass is 366 g/mol. The second kappa shape index (κ2) is 7.95. The highest BCUT2D eigenvalue weighted by Gasteiger charge is 2.29. The normalized spacial score (nSPS) is 14.3. The number of anilines is 1. The van der Waals surface area contributed by atoms with E-state index in [2.05, 4.69) is 5.32 Å². The molecule has 2 amide bonds. The molecule has 0 atom stereocenters. The molecule has 3 rings (SSSR count). The lowest BCUT2D eigenvalue weighted by Gasteiger charge is -2.11. The highest BCUT2D eigenvalue weighted by Crippen LogP contribution is 2.37. The van der Waals surface area contributed by atoms with Gasteiger partial charge in [0.05, 0.1) is 12.8 Å². The van der Waals surface area contributed by atoms with Crippen molar-refractivity contribution in [3.05, 3.63) is 53.6 Å². The molecule has 0 radical (unpaired) electrons. The molecule has 1 aliphatic heterocycles. The van der Waals surface area contributed by atoms with E-state index in [1.807, 2.05) is 43.3 Å². The van der Waals surface area contributed by atoms with E-state index in [4.69, 9.17) is 9.47 Å². The fraction of sp³-hybridized carbons (Fsp3) is 0.238. The maximum atomic E-state index is 12.6. The summed E-state index contributed by atoms with van der Waals surface area (Å²) in [5, 5.41) is 2.67. The summed E-state index contributed by atoms with van der Waals surface area (Å²) in [5.41, 5.74) is 3.24. The maximum absolute atomic E-state index is 12.6. The van der Waals surface area contributed by atoms with Gasteiger partial charge >= 0.3 is 0 Å². The van der Waals surface area contributed by atoms with Gasteiger partial charge in [-0.25, -0.2) is 0 Å². The van der Waals surface area contributed by atoms with Crippen LogP contribution < -0.4 is 19.7 Å². The predicted octanol–water partition coefficient (Wildman–Crippen LogP) is 2.73. The molecule has 6 heteroatoms. The Balaban J connectivity index is 1.87. The largest absolute Gasteiger partial charge is 0.493 e. The van der Waals surface area contributed by atoms with Crippen LogP contribution in [0.5, 0.6) is 11.5 Å². The molecule has 0 bridgehead atoms. The van der Waals surface area contributed by atoms with Crippen molar-refractivity contribution in [2.75, 3.05) is 32.2 Å². The number of amides is 2. The molecule has 27 heavy (non-hydrogen) atoms. The van der Waals surface area contributed by atoms with Crippen LogP contribution in [0.15, 0.2) is 42.5 Å².